The van der Waals surface area contributed by atoms with Crippen LogP contribution in [0.1, 0.15) is 24.9 Å². The predicted octanol–water partition coefficient (Wildman–Crippen LogP) is 4.01. The van der Waals surface area contributed by atoms with E-state index in [0.29, 0.717) is 22.7 Å². The lowest BCUT2D eigenvalue weighted by atomic mass is 9.66. The van der Waals surface area contributed by atoms with E-state index in [1.807, 2.05) is 25.1 Å². The zero-order chi connectivity index (χ0) is 26.5. The SMILES string of the molecule is C=CCN(C(=O)C1N([C@H](CO)c2ccccc2)C(=O)[C@@H]2[C@H](C(=O)O)[C@@H]3CC(C)C12S3)c1ccccc1Cl. The monoisotopic (exact) mass is 540 g/mol. The minimum absolute atomic E-state index is 0.0852. The molecular weight excluding hydrogens is 512 g/mol. The number of fused-ring (bicyclic) bond motifs is 1. The standard InChI is InChI=1S/C28H29ClN2O5S/c1-3-13-30(19-12-8-7-11-18(19)29)26(34)24-28-16(2)14-21(37-28)22(27(35)36)23(28)25(33)31(24)20(15-32)17-9-5-4-6-10-17/h3-12,16,20-24,32H,1,13-15H2,2H3,(H,35,36)/t16?,20-,21+,22-,23+,24?,28?/m1/s1. The van der Waals surface area contributed by atoms with Crippen LogP contribution in [0.4, 0.5) is 5.69 Å². The Morgan fingerprint density at radius 2 is 1.92 bits per heavy atom. The van der Waals surface area contributed by atoms with E-state index >= 15 is 0 Å². The minimum atomic E-state index is -1.02. The van der Waals surface area contributed by atoms with Gasteiger partial charge in [-0.3, -0.25) is 14.4 Å². The van der Waals surface area contributed by atoms with Crippen molar-refractivity contribution in [2.24, 2.45) is 17.8 Å². The number of halogens is 1. The number of thioether (sulfide) groups is 1. The fourth-order valence-corrected chi connectivity index (χ4v) is 9.27. The number of amides is 2. The van der Waals surface area contributed by atoms with Gasteiger partial charge in [0.05, 0.1) is 39.9 Å². The second kappa shape index (κ2) is 9.82. The topological polar surface area (TPSA) is 98.2 Å². The summed E-state index contributed by atoms with van der Waals surface area (Å²) >= 11 is 7.97. The molecule has 37 heavy (non-hydrogen) atoms. The number of aliphatic hydroxyl groups excluding tert-OH is 1. The first-order valence-electron chi connectivity index (χ1n) is 12.3. The van der Waals surface area contributed by atoms with E-state index in [1.165, 1.54) is 21.6 Å². The number of carbonyl (C=O) groups excluding carboxylic acids is 2. The quantitative estimate of drug-likeness (QED) is 0.491. The summed E-state index contributed by atoms with van der Waals surface area (Å²) < 4.78 is -0.940. The molecule has 7 nitrogen and oxygen atoms in total. The van der Waals surface area contributed by atoms with Gasteiger partial charge in [0.25, 0.3) is 5.91 Å². The number of aliphatic carboxylic acids is 1. The Bertz CT molecular complexity index is 1240. The van der Waals surface area contributed by atoms with Gasteiger partial charge in [-0.1, -0.05) is 67.1 Å². The minimum Gasteiger partial charge on any atom is -0.481 e. The maximum Gasteiger partial charge on any atom is 0.308 e. The molecule has 3 unspecified atom stereocenters. The maximum atomic E-state index is 14.6. The van der Waals surface area contributed by atoms with Crippen molar-refractivity contribution in [2.45, 2.75) is 35.4 Å². The van der Waals surface area contributed by atoms with Crippen molar-refractivity contribution < 1.29 is 24.6 Å². The molecule has 2 aromatic carbocycles. The molecule has 3 saturated heterocycles. The van der Waals surface area contributed by atoms with E-state index in [4.69, 9.17) is 11.6 Å². The molecule has 9 heteroatoms. The third kappa shape index (κ3) is 3.80. The lowest BCUT2D eigenvalue weighted by Crippen LogP contribution is -2.58. The van der Waals surface area contributed by atoms with E-state index in [-0.39, 0.29) is 23.6 Å². The molecule has 2 aromatic rings. The molecule has 3 heterocycles. The predicted molar refractivity (Wildman–Crippen MR) is 143 cm³/mol. The van der Waals surface area contributed by atoms with Gasteiger partial charge in [0.15, 0.2) is 0 Å². The van der Waals surface area contributed by atoms with Crippen molar-refractivity contribution in [1.82, 2.24) is 4.90 Å². The highest BCUT2D eigenvalue weighted by Gasteiger charge is 2.77. The zero-order valence-corrected chi connectivity index (χ0v) is 21.9. The summed E-state index contributed by atoms with van der Waals surface area (Å²) in [5.74, 6) is -3.62. The first kappa shape index (κ1) is 25.8. The Kier molecular flexibility index (Phi) is 6.85. The fourth-order valence-electron chi connectivity index (χ4n) is 6.64. The van der Waals surface area contributed by atoms with Crippen molar-refractivity contribution in [3.63, 3.8) is 0 Å². The number of carboxylic acids is 1. The van der Waals surface area contributed by atoms with Crippen LogP contribution in [-0.4, -0.2) is 62.1 Å². The van der Waals surface area contributed by atoms with Crippen molar-refractivity contribution in [1.29, 1.82) is 0 Å². The summed E-state index contributed by atoms with van der Waals surface area (Å²) in [6.45, 7) is 5.57. The Morgan fingerprint density at radius 1 is 1.24 bits per heavy atom. The number of para-hydroxylation sites is 1. The average molecular weight is 541 g/mol. The van der Waals surface area contributed by atoms with Crippen molar-refractivity contribution >= 4 is 46.8 Å². The van der Waals surface area contributed by atoms with Crippen LogP contribution in [0.3, 0.4) is 0 Å². The molecule has 3 aliphatic heterocycles. The van der Waals surface area contributed by atoms with Gasteiger partial charge in [-0.15, -0.1) is 18.3 Å². The number of likely N-dealkylation sites (tertiary alicyclic amines) is 1. The molecule has 0 aliphatic carbocycles. The number of nitrogens with zero attached hydrogens (tertiary/aromatic N) is 2. The summed E-state index contributed by atoms with van der Waals surface area (Å²) in [6.07, 6.45) is 2.20. The van der Waals surface area contributed by atoms with Crippen LogP contribution >= 0.6 is 23.4 Å². The highest BCUT2D eigenvalue weighted by Crippen LogP contribution is 2.69. The molecular formula is C28H29ClN2O5S. The van der Waals surface area contributed by atoms with E-state index in [9.17, 15) is 24.6 Å². The molecule has 194 valence electrons. The van der Waals surface area contributed by atoms with Gasteiger partial charge in [-0.25, -0.2) is 0 Å². The average Bonchev–Trinajstić information content (AvgIpc) is 3.48. The van der Waals surface area contributed by atoms with Crippen molar-refractivity contribution in [2.75, 3.05) is 18.1 Å². The Labute approximate surface area is 225 Å². The number of hydrogen-bond donors (Lipinski definition) is 2. The number of rotatable bonds is 8. The zero-order valence-electron chi connectivity index (χ0n) is 20.4. The summed E-state index contributed by atoms with van der Waals surface area (Å²) in [5.41, 5.74) is 1.17. The second-order valence-corrected chi connectivity index (χ2v) is 11.9. The Balaban J connectivity index is 1.70. The highest BCUT2D eigenvalue weighted by atomic mass is 35.5. The lowest BCUT2D eigenvalue weighted by Gasteiger charge is -2.42. The maximum absolute atomic E-state index is 14.6. The summed E-state index contributed by atoms with van der Waals surface area (Å²) in [4.78, 5) is 44.3. The van der Waals surface area contributed by atoms with E-state index in [1.54, 1.807) is 42.5 Å². The molecule has 3 aliphatic rings. The normalized spacial score (nSPS) is 30.7. The fraction of sp³-hybridized carbons (Fsp3) is 0.393. The molecule has 0 aromatic heterocycles. The van der Waals surface area contributed by atoms with Crippen LogP contribution < -0.4 is 4.90 Å². The summed E-state index contributed by atoms with van der Waals surface area (Å²) in [6, 6.07) is 14.3. The molecule has 0 radical (unpaired) electrons. The summed E-state index contributed by atoms with van der Waals surface area (Å²) in [7, 11) is 0. The number of carbonyl (C=O) groups is 3. The number of hydrogen-bond acceptors (Lipinski definition) is 5. The molecule has 0 saturated carbocycles. The molecule has 7 atom stereocenters. The largest absolute Gasteiger partial charge is 0.481 e. The number of benzene rings is 2. The van der Waals surface area contributed by atoms with Gasteiger partial charge in [0.2, 0.25) is 5.91 Å². The smallest absolute Gasteiger partial charge is 0.308 e. The van der Waals surface area contributed by atoms with E-state index < -0.39 is 47.1 Å². The van der Waals surface area contributed by atoms with Gasteiger partial charge in [-0.2, -0.15) is 0 Å². The first-order valence-corrected chi connectivity index (χ1v) is 13.6. The Morgan fingerprint density at radius 3 is 2.54 bits per heavy atom. The van der Waals surface area contributed by atoms with E-state index in [2.05, 4.69) is 6.58 Å². The third-order valence-corrected chi connectivity index (χ3v) is 10.5. The second-order valence-electron chi connectivity index (χ2n) is 9.93. The van der Waals surface area contributed by atoms with Crippen molar-refractivity contribution in [3.8, 4) is 0 Å². The molecule has 2 N–H and O–H groups in total. The van der Waals surface area contributed by atoms with Crippen LogP contribution in [-0.2, 0) is 14.4 Å². The van der Waals surface area contributed by atoms with Crippen LogP contribution in [0.15, 0.2) is 67.3 Å². The molecule has 5 rings (SSSR count). The van der Waals surface area contributed by atoms with Gasteiger partial charge in [-0.05, 0) is 30.0 Å². The Hall–Kier alpha value is -2.81. The van der Waals surface area contributed by atoms with Crippen molar-refractivity contribution in [3.05, 3.63) is 77.8 Å². The lowest BCUT2D eigenvalue weighted by molar-refractivity contribution is -0.149. The van der Waals surface area contributed by atoms with Crippen LogP contribution in [0.2, 0.25) is 5.02 Å². The molecule has 2 amide bonds. The third-order valence-electron chi connectivity index (χ3n) is 8.12. The summed E-state index contributed by atoms with van der Waals surface area (Å²) in [5, 5.41) is 20.8. The number of anilines is 1. The van der Waals surface area contributed by atoms with Gasteiger partial charge < -0.3 is 20.0 Å². The van der Waals surface area contributed by atoms with Gasteiger partial charge >= 0.3 is 5.97 Å². The van der Waals surface area contributed by atoms with Crippen LogP contribution in [0, 0.1) is 17.8 Å². The first-order chi connectivity index (χ1) is 17.8. The highest BCUT2D eigenvalue weighted by molar-refractivity contribution is 8.02. The van der Waals surface area contributed by atoms with Gasteiger partial charge in [0, 0.05) is 11.8 Å². The number of aliphatic hydroxyl groups is 1. The molecule has 2 bridgehead atoms. The molecule has 1 spiro atoms. The molecule has 3 fully saturated rings. The number of carboxylic acid groups (broad SMARTS) is 1. The van der Waals surface area contributed by atoms with Crippen LogP contribution in [0.25, 0.3) is 0 Å². The van der Waals surface area contributed by atoms with Gasteiger partial charge in [0.1, 0.15) is 6.04 Å². The van der Waals surface area contributed by atoms with Crippen LogP contribution in [0.5, 0.6) is 0 Å². The van der Waals surface area contributed by atoms with E-state index in [0.717, 1.165) is 0 Å².